The fourth-order valence-corrected chi connectivity index (χ4v) is 4.25. The van der Waals surface area contributed by atoms with Gasteiger partial charge in [0.15, 0.2) is 11.5 Å². The lowest BCUT2D eigenvalue weighted by Crippen LogP contribution is -2.27. The van der Waals surface area contributed by atoms with E-state index in [1.807, 2.05) is 30.3 Å². The van der Waals surface area contributed by atoms with Crippen LogP contribution < -0.4 is 9.47 Å². The smallest absolute Gasteiger partial charge is 0.293 e. The van der Waals surface area contributed by atoms with Crippen molar-refractivity contribution in [1.82, 2.24) is 4.90 Å². The third-order valence-electron chi connectivity index (χ3n) is 5.11. The number of nitrogens with zero attached hydrogens (tertiary/aromatic N) is 2. The number of thioether (sulfide) groups is 1. The quantitative estimate of drug-likeness (QED) is 0.243. The number of rotatable bonds is 8. The van der Waals surface area contributed by atoms with Crippen LogP contribution in [-0.4, -0.2) is 28.1 Å². The van der Waals surface area contributed by atoms with Gasteiger partial charge in [-0.3, -0.25) is 24.6 Å². The zero-order valence-electron chi connectivity index (χ0n) is 18.2. The molecule has 2 amide bonds. The third kappa shape index (κ3) is 5.10. The van der Waals surface area contributed by atoms with Crippen LogP contribution in [0, 0.1) is 10.1 Å². The van der Waals surface area contributed by atoms with Crippen LogP contribution in [0.25, 0.3) is 6.08 Å². The highest BCUT2D eigenvalue weighted by molar-refractivity contribution is 8.18. The molecule has 0 spiro atoms. The van der Waals surface area contributed by atoms with Crippen molar-refractivity contribution in [1.29, 1.82) is 0 Å². The van der Waals surface area contributed by atoms with Crippen molar-refractivity contribution < 1.29 is 24.0 Å². The topological polar surface area (TPSA) is 99.0 Å². The lowest BCUT2D eigenvalue weighted by atomic mass is 10.1. The Morgan fingerprint density at radius 3 is 2.47 bits per heavy atom. The summed E-state index contributed by atoms with van der Waals surface area (Å²) in [6, 6.07) is 20.9. The molecule has 0 atom stereocenters. The van der Waals surface area contributed by atoms with Gasteiger partial charge in [0, 0.05) is 11.6 Å². The summed E-state index contributed by atoms with van der Waals surface area (Å²) < 4.78 is 11.3. The van der Waals surface area contributed by atoms with Crippen LogP contribution in [0.2, 0.25) is 0 Å². The Balaban J connectivity index is 1.54. The van der Waals surface area contributed by atoms with Crippen molar-refractivity contribution >= 4 is 34.7 Å². The van der Waals surface area contributed by atoms with Crippen LogP contribution in [0.15, 0.2) is 77.7 Å². The van der Waals surface area contributed by atoms with Gasteiger partial charge in [0.2, 0.25) is 0 Å². The summed E-state index contributed by atoms with van der Waals surface area (Å²) >= 11 is 0.793. The van der Waals surface area contributed by atoms with Crippen molar-refractivity contribution in [2.75, 3.05) is 7.11 Å². The highest BCUT2D eigenvalue weighted by Gasteiger charge is 2.36. The van der Waals surface area contributed by atoms with E-state index in [0.717, 1.165) is 22.2 Å². The first kappa shape index (κ1) is 23.1. The SMILES string of the molecule is COc1ccc(/C=C2\SC(=O)N(Cc3ccccc3[N+](=O)[O-])C2=O)cc1OCc1ccccc1. The van der Waals surface area contributed by atoms with Gasteiger partial charge in [-0.2, -0.15) is 0 Å². The number of carbonyl (C=O) groups excluding carboxylic acids is 2. The molecule has 1 saturated heterocycles. The number of para-hydroxylation sites is 1. The second-order valence-corrected chi connectivity index (χ2v) is 8.33. The second kappa shape index (κ2) is 10.2. The third-order valence-corrected chi connectivity index (χ3v) is 6.02. The second-order valence-electron chi connectivity index (χ2n) is 7.34. The lowest BCUT2D eigenvalue weighted by Gasteiger charge is -2.13. The molecule has 0 unspecified atom stereocenters. The maximum absolute atomic E-state index is 12.9. The van der Waals surface area contributed by atoms with Gasteiger partial charge in [-0.1, -0.05) is 54.6 Å². The van der Waals surface area contributed by atoms with Crippen LogP contribution in [-0.2, 0) is 17.9 Å². The normalized spacial score (nSPS) is 14.5. The summed E-state index contributed by atoms with van der Waals surface area (Å²) in [5, 5.41) is 10.8. The molecule has 0 N–H and O–H groups in total. The van der Waals surface area contributed by atoms with Gasteiger partial charge in [-0.05, 0) is 41.1 Å². The van der Waals surface area contributed by atoms with Crippen LogP contribution in [0.4, 0.5) is 10.5 Å². The van der Waals surface area contributed by atoms with E-state index in [-0.39, 0.29) is 22.7 Å². The highest BCUT2D eigenvalue weighted by Crippen LogP contribution is 2.36. The van der Waals surface area contributed by atoms with Crippen molar-refractivity contribution in [2.24, 2.45) is 0 Å². The predicted molar refractivity (Wildman–Crippen MR) is 128 cm³/mol. The van der Waals surface area contributed by atoms with Gasteiger partial charge in [-0.15, -0.1) is 0 Å². The molecule has 172 valence electrons. The maximum Gasteiger partial charge on any atom is 0.293 e. The van der Waals surface area contributed by atoms with E-state index in [2.05, 4.69) is 0 Å². The maximum atomic E-state index is 12.9. The van der Waals surface area contributed by atoms with Crippen LogP contribution in [0.1, 0.15) is 16.7 Å². The monoisotopic (exact) mass is 476 g/mol. The fourth-order valence-electron chi connectivity index (χ4n) is 3.41. The minimum atomic E-state index is -0.529. The molecule has 0 aliphatic carbocycles. The molecule has 0 radical (unpaired) electrons. The number of hydrogen-bond acceptors (Lipinski definition) is 7. The van der Waals surface area contributed by atoms with Gasteiger partial charge in [0.1, 0.15) is 6.61 Å². The number of nitro groups is 1. The molecular weight excluding hydrogens is 456 g/mol. The Hall–Kier alpha value is -4.11. The summed E-state index contributed by atoms with van der Waals surface area (Å²) in [6.45, 7) is 0.167. The minimum Gasteiger partial charge on any atom is -0.493 e. The highest BCUT2D eigenvalue weighted by atomic mass is 32.2. The van der Waals surface area contributed by atoms with Crippen LogP contribution >= 0.6 is 11.8 Å². The summed E-state index contributed by atoms with van der Waals surface area (Å²) in [4.78, 5) is 37.4. The Bertz CT molecular complexity index is 1280. The molecule has 1 aliphatic rings. The van der Waals surface area contributed by atoms with E-state index in [4.69, 9.17) is 9.47 Å². The molecule has 8 nitrogen and oxygen atoms in total. The molecule has 3 aromatic rings. The Morgan fingerprint density at radius 1 is 1.00 bits per heavy atom. The van der Waals surface area contributed by atoms with E-state index >= 15 is 0 Å². The fraction of sp³-hybridized carbons (Fsp3) is 0.120. The number of imide groups is 1. The Morgan fingerprint density at radius 2 is 1.74 bits per heavy atom. The molecule has 4 rings (SSSR count). The van der Waals surface area contributed by atoms with Crippen LogP contribution in [0.5, 0.6) is 11.5 Å². The van der Waals surface area contributed by atoms with Crippen molar-refractivity contribution in [2.45, 2.75) is 13.2 Å². The average Bonchev–Trinajstić information content (AvgIpc) is 3.11. The van der Waals surface area contributed by atoms with Gasteiger partial charge in [0.05, 0.1) is 23.5 Å². The first-order valence-electron chi connectivity index (χ1n) is 10.3. The number of ether oxygens (including phenoxy) is 2. The van der Waals surface area contributed by atoms with Crippen molar-refractivity contribution in [3.8, 4) is 11.5 Å². The first-order chi connectivity index (χ1) is 16.5. The Kier molecular flexibility index (Phi) is 6.93. The standard InChI is InChI=1S/C25H20N2O6S/c1-32-21-12-11-18(13-22(21)33-16-17-7-3-2-4-8-17)14-23-24(28)26(25(29)34-23)15-19-9-5-6-10-20(19)27(30)31/h2-14H,15-16H2,1H3/b23-14-. The first-order valence-corrected chi connectivity index (χ1v) is 11.1. The molecule has 1 heterocycles. The molecule has 1 aliphatic heterocycles. The lowest BCUT2D eigenvalue weighted by molar-refractivity contribution is -0.385. The molecule has 0 saturated carbocycles. The van der Waals surface area contributed by atoms with E-state index < -0.39 is 16.1 Å². The van der Waals surface area contributed by atoms with Crippen LogP contribution in [0.3, 0.4) is 0 Å². The molecule has 34 heavy (non-hydrogen) atoms. The van der Waals surface area contributed by atoms with Crippen molar-refractivity contribution in [3.05, 3.63) is 105 Å². The van der Waals surface area contributed by atoms with E-state index in [0.29, 0.717) is 23.7 Å². The number of amides is 2. The molecule has 9 heteroatoms. The number of nitro benzene ring substituents is 1. The molecule has 0 bridgehead atoms. The Labute approximate surface area is 199 Å². The van der Waals surface area contributed by atoms with E-state index in [1.54, 1.807) is 37.5 Å². The molecule has 1 fully saturated rings. The van der Waals surface area contributed by atoms with Gasteiger partial charge < -0.3 is 9.47 Å². The summed E-state index contributed by atoms with van der Waals surface area (Å²) in [6.07, 6.45) is 1.60. The number of hydrogen-bond donors (Lipinski definition) is 0. The average molecular weight is 477 g/mol. The summed E-state index contributed by atoms with van der Waals surface area (Å²) in [5.41, 5.74) is 1.80. The molecule has 0 aromatic heterocycles. The van der Waals surface area contributed by atoms with E-state index in [1.165, 1.54) is 18.2 Å². The van der Waals surface area contributed by atoms with E-state index in [9.17, 15) is 19.7 Å². The zero-order chi connectivity index (χ0) is 24.1. The largest absolute Gasteiger partial charge is 0.493 e. The summed E-state index contributed by atoms with van der Waals surface area (Å²) in [5.74, 6) is 0.535. The van der Waals surface area contributed by atoms with Gasteiger partial charge in [-0.25, -0.2) is 0 Å². The van der Waals surface area contributed by atoms with Gasteiger partial charge in [0.25, 0.3) is 16.8 Å². The molecule has 3 aromatic carbocycles. The predicted octanol–water partition coefficient (Wildman–Crippen LogP) is 5.42. The minimum absolute atomic E-state index is 0.138. The number of benzene rings is 3. The molecular formula is C25H20N2O6S. The zero-order valence-corrected chi connectivity index (χ0v) is 19.0. The van der Waals surface area contributed by atoms with Crippen molar-refractivity contribution in [3.63, 3.8) is 0 Å². The summed E-state index contributed by atoms with van der Waals surface area (Å²) in [7, 11) is 1.54. The number of methoxy groups -OCH3 is 1. The van der Waals surface area contributed by atoms with Gasteiger partial charge >= 0.3 is 0 Å². The number of carbonyl (C=O) groups is 2.